The lowest BCUT2D eigenvalue weighted by molar-refractivity contribution is -0.274. The third kappa shape index (κ3) is 7.06. The minimum absolute atomic E-state index is 0.0882. The fourth-order valence-corrected chi connectivity index (χ4v) is 7.16. The zero-order chi connectivity index (χ0) is 32.6. The maximum Gasteiger partial charge on any atom is 0.573 e. The average Bonchev–Trinajstić information content (AvgIpc) is 3.63. The Morgan fingerprint density at radius 2 is 1.83 bits per heavy atom. The number of urea groups is 1. The predicted molar refractivity (Wildman–Crippen MR) is 175 cm³/mol. The van der Waals surface area contributed by atoms with Crippen molar-refractivity contribution in [1.82, 2.24) is 20.1 Å². The summed E-state index contributed by atoms with van der Waals surface area (Å²) in [6.45, 7) is 8.64. The van der Waals surface area contributed by atoms with Crippen LogP contribution in [0.15, 0.2) is 72.0 Å². The van der Waals surface area contributed by atoms with Crippen LogP contribution in [0.2, 0.25) is 0 Å². The molecule has 1 aromatic heterocycles. The molecular weight excluding hydrogens is 613 g/mol. The van der Waals surface area contributed by atoms with Crippen molar-refractivity contribution in [3.8, 4) is 22.8 Å². The van der Waals surface area contributed by atoms with E-state index in [1.807, 2.05) is 18.2 Å². The molecule has 2 heterocycles. The normalized spacial score (nSPS) is 19.0. The number of aliphatic imine (C=N–C) groups is 1. The maximum atomic E-state index is 13.3. The molecule has 2 unspecified atom stereocenters. The maximum absolute atomic E-state index is 13.3. The van der Waals surface area contributed by atoms with Crippen molar-refractivity contribution in [1.29, 1.82) is 0 Å². The lowest BCUT2D eigenvalue weighted by Crippen LogP contribution is -2.43. The SMILES string of the molecule is Cc1ccc(C(C)C)c(N2C(=NC(=O)NC3Cc4ccc(-c5ncn(-c6ccc(OC(F)(F)F)cc6)n5)cc4C3)SCCC2C)c1. The highest BCUT2D eigenvalue weighted by molar-refractivity contribution is 8.14. The molecule has 1 aliphatic heterocycles. The quantitative estimate of drug-likeness (QED) is 0.230. The van der Waals surface area contributed by atoms with Gasteiger partial charge in [0.1, 0.15) is 12.1 Å². The van der Waals surface area contributed by atoms with E-state index in [0.29, 0.717) is 30.3 Å². The molecule has 0 radical (unpaired) electrons. The Kier molecular flexibility index (Phi) is 8.82. The molecule has 1 saturated heterocycles. The van der Waals surface area contributed by atoms with Gasteiger partial charge in [0.25, 0.3) is 0 Å². The highest BCUT2D eigenvalue weighted by Crippen LogP contribution is 2.36. The number of alkyl halides is 3. The number of hydrogen-bond acceptors (Lipinski definition) is 5. The summed E-state index contributed by atoms with van der Waals surface area (Å²) in [6.07, 6.45) is -0.877. The van der Waals surface area contributed by atoms with Gasteiger partial charge in [-0.25, -0.2) is 14.5 Å². The van der Waals surface area contributed by atoms with Crippen LogP contribution in [0.25, 0.3) is 17.1 Å². The number of halogens is 3. The summed E-state index contributed by atoms with van der Waals surface area (Å²) in [5, 5.41) is 8.38. The average molecular weight is 649 g/mol. The van der Waals surface area contributed by atoms with Crippen molar-refractivity contribution in [3.05, 3.63) is 89.2 Å². The Bertz CT molecular complexity index is 1770. The highest BCUT2D eigenvalue weighted by Gasteiger charge is 2.31. The van der Waals surface area contributed by atoms with Crippen LogP contribution in [0.4, 0.5) is 23.7 Å². The van der Waals surface area contributed by atoms with Gasteiger partial charge in [-0.15, -0.1) is 18.3 Å². The largest absolute Gasteiger partial charge is 0.573 e. The second kappa shape index (κ2) is 12.8. The molecule has 1 N–H and O–H groups in total. The molecule has 0 saturated carbocycles. The number of nitrogens with zero attached hydrogens (tertiary/aromatic N) is 5. The highest BCUT2D eigenvalue weighted by atomic mass is 32.2. The summed E-state index contributed by atoms with van der Waals surface area (Å²) in [5.74, 6) is 1.42. The van der Waals surface area contributed by atoms with E-state index >= 15 is 0 Å². The Balaban J connectivity index is 1.13. The molecule has 46 heavy (non-hydrogen) atoms. The number of carbonyl (C=O) groups is 1. The van der Waals surface area contributed by atoms with Crippen LogP contribution in [0.3, 0.4) is 0 Å². The molecule has 2 atom stereocenters. The van der Waals surface area contributed by atoms with Gasteiger partial charge in [0.05, 0.1) is 5.69 Å². The number of carbonyl (C=O) groups excluding carboxylic acids is 1. The van der Waals surface area contributed by atoms with E-state index in [1.54, 1.807) is 11.8 Å². The number of amides is 2. The van der Waals surface area contributed by atoms with Crippen molar-refractivity contribution in [3.63, 3.8) is 0 Å². The van der Waals surface area contributed by atoms with Crippen LogP contribution in [0.5, 0.6) is 5.75 Å². The summed E-state index contributed by atoms with van der Waals surface area (Å²) < 4.78 is 42.9. The minimum atomic E-state index is -4.75. The van der Waals surface area contributed by atoms with Crippen molar-refractivity contribution in [2.75, 3.05) is 10.7 Å². The van der Waals surface area contributed by atoms with E-state index in [1.165, 1.54) is 46.4 Å². The van der Waals surface area contributed by atoms with E-state index in [-0.39, 0.29) is 23.9 Å². The first-order chi connectivity index (χ1) is 21.9. The van der Waals surface area contributed by atoms with Gasteiger partial charge >= 0.3 is 12.4 Å². The molecule has 2 amide bonds. The fourth-order valence-electron chi connectivity index (χ4n) is 5.96. The van der Waals surface area contributed by atoms with Gasteiger partial charge in [-0.1, -0.05) is 49.9 Å². The number of ether oxygens (including phenoxy) is 1. The lowest BCUT2D eigenvalue weighted by atomic mass is 9.98. The first-order valence-electron chi connectivity index (χ1n) is 15.3. The second-order valence-electron chi connectivity index (χ2n) is 12.1. The van der Waals surface area contributed by atoms with Crippen molar-refractivity contribution in [2.24, 2.45) is 4.99 Å². The molecule has 0 spiro atoms. The van der Waals surface area contributed by atoms with Gasteiger partial charge in [-0.05, 0) is 97.7 Å². The number of thioether (sulfide) groups is 1. The third-order valence-electron chi connectivity index (χ3n) is 8.23. The van der Waals surface area contributed by atoms with Gasteiger partial charge in [0, 0.05) is 29.1 Å². The molecule has 0 bridgehead atoms. The second-order valence-corrected chi connectivity index (χ2v) is 13.1. The van der Waals surface area contributed by atoms with E-state index in [4.69, 9.17) is 0 Å². The number of benzene rings is 3. The van der Waals surface area contributed by atoms with Gasteiger partial charge < -0.3 is 15.0 Å². The number of rotatable bonds is 6. The smallest absolute Gasteiger partial charge is 0.406 e. The molecule has 240 valence electrons. The Hall–Kier alpha value is -4.32. The van der Waals surface area contributed by atoms with Crippen LogP contribution in [-0.2, 0) is 12.8 Å². The van der Waals surface area contributed by atoms with Gasteiger partial charge in [0.2, 0.25) is 0 Å². The monoisotopic (exact) mass is 648 g/mol. The topological polar surface area (TPSA) is 84.6 Å². The number of anilines is 1. The third-order valence-corrected chi connectivity index (χ3v) is 9.22. The standard InChI is InChI=1S/C34H35F3N6O2S/c1-20(2)29-12-5-21(3)15-30(29)43-22(4)13-14-46-33(43)40-32(44)39-26-17-23-6-7-24(16-25(23)18-26)31-38-19-42(41-31)27-8-10-28(11-9-27)45-34(35,36)37/h5-12,15-16,19-20,22,26H,13-14,17-18H2,1-4H3,(H,39,44). The zero-order valence-electron chi connectivity index (χ0n) is 26.0. The molecule has 2 aliphatic rings. The van der Waals surface area contributed by atoms with E-state index in [2.05, 4.69) is 75.9 Å². The number of aryl methyl sites for hydroxylation is 1. The molecule has 1 fully saturated rings. The van der Waals surface area contributed by atoms with Gasteiger partial charge in [-0.2, -0.15) is 4.99 Å². The van der Waals surface area contributed by atoms with Crippen LogP contribution in [-0.4, -0.2) is 50.2 Å². The Morgan fingerprint density at radius 1 is 1.07 bits per heavy atom. The Morgan fingerprint density at radius 3 is 2.57 bits per heavy atom. The summed E-state index contributed by atoms with van der Waals surface area (Å²) in [5.41, 5.74) is 7.13. The summed E-state index contributed by atoms with van der Waals surface area (Å²) in [4.78, 5) is 24.5. The van der Waals surface area contributed by atoms with Crippen LogP contribution >= 0.6 is 11.8 Å². The van der Waals surface area contributed by atoms with Gasteiger partial charge in [0.15, 0.2) is 11.0 Å². The number of aromatic nitrogens is 3. The van der Waals surface area contributed by atoms with Crippen LogP contribution in [0.1, 0.15) is 55.4 Å². The summed E-state index contributed by atoms with van der Waals surface area (Å²) in [6, 6.07) is 17.7. The number of hydrogen-bond donors (Lipinski definition) is 1. The molecule has 4 aromatic rings. The van der Waals surface area contributed by atoms with Crippen LogP contribution in [0, 0.1) is 6.92 Å². The predicted octanol–water partition coefficient (Wildman–Crippen LogP) is 7.83. The van der Waals surface area contributed by atoms with E-state index in [9.17, 15) is 18.0 Å². The number of nitrogens with one attached hydrogen (secondary N) is 1. The first-order valence-corrected chi connectivity index (χ1v) is 16.2. The lowest BCUT2D eigenvalue weighted by Gasteiger charge is -2.37. The molecule has 12 heteroatoms. The summed E-state index contributed by atoms with van der Waals surface area (Å²) >= 11 is 1.62. The molecule has 6 rings (SSSR count). The Labute approximate surface area is 270 Å². The number of fused-ring (bicyclic) bond motifs is 1. The zero-order valence-corrected chi connectivity index (χ0v) is 26.8. The van der Waals surface area contributed by atoms with Crippen molar-refractivity contribution >= 4 is 28.6 Å². The molecule has 1 aliphatic carbocycles. The molecular formula is C34H35F3N6O2S. The summed E-state index contributed by atoms with van der Waals surface area (Å²) in [7, 11) is 0. The molecule has 3 aromatic carbocycles. The van der Waals surface area contributed by atoms with Crippen LogP contribution < -0.4 is 15.0 Å². The van der Waals surface area contributed by atoms with Crippen molar-refractivity contribution in [2.45, 2.75) is 71.3 Å². The van der Waals surface area contributed by atoms with E-state index in [0.717, 1.165) is 39.7 Å². The molecule has 8 nitrogen and oxygen atoms in total. The van der Waals surface area contributed by atoms with Crippen molar-refractivity contribution < 1.29 is 22.7 Å². The minimum Gasteiger partial charge on any atom is -0.406 e. The number of amidine groups is 1. The fraction of sp³-hybridized carbons (Fsp3) is 0.353. The van der Waals surface area contributed by atoms with E-state index < -0.39 is 6.36 Å². The first kappa shape index (κ1) is 31.7. The van der Waals surface area contributed by atoms with Gasteiger partial charge in [-0.3, -0.25) is 0 Å².